The smallest absolute Gasteiger partial charge is 0.241 e. The van der Waals surface area contributed by atoms with Gasteiger partial charge in [-0.3, -0.25) is 4.68 Å². The van der Waals surface area contributed by atoms with Crippen LogP contribution in [-0.4, -0.2) is 24.7 Å². The lowest BCUT2D eigenvalue weighted by Gasteiger charge is -1.99. The van der Waals surface area contributed by atoms with Crippen molar-refractivity contribution >= 4 is 5.95 Å². The molecule has 7 nitrogen and oxygen atoms in total. The number of nitrogens with two attached hydrogens (primary N) is 2. The van der Waals surface area contributed by atoms with Crippen molar-refractivity contribution in [1.29, 1.82) is 0 Å². The second-order valence-corrected chi connectivity index (χ2v) is 3.27. The second-order valence-electron chi connectivity index (χ2n) is 3.27. The largest absolute Gasteiger partial charge is 0.366 e. The summed E-state index contributed by atoms with van der Waals surface area (Å²) in [5.41, 5.74) is 7.31. The standard InChI is InChI=1S/C8H13N7/c1-3-6-5(4-14(2)13-6)7-11-12-8(9)15(7)10/h4H,3,10H2,1-2H3,(H2,9,12). The van der Waals surface area contributed by atoms with Crippen molar-refractivity contribution in [2.75, 3.05) is 11.6 Å². The van der Waals surface area contributed by atoms with E-state index in [1.54, 1.807) is 4.68 Å². The van der Waals surface area contributed by atoms with E-state index in [1.807, 2.05) is 20.2 Å². The number of hydrogen-bond acceptors (Lipinski definition) is 5. The third-order valence-electron chi connectivity index (χ3n) is 2.20. The molecule has 0 saturated carbocycles. The molecule has 15 heavy (non-hydrogen) atoms. The van der Waals surface area contributed by atoms with E-state index >= 15 is 0 Å². The van der Waals surface area contributed by atoms with E-state index in [2.05, 4.69) is 15.3 Å². The van der Waals surface area contributed by atoms with E-state index in [0.717, 1.165) is 17.7 Å². The molecule has 2 aromatic heterocycles. The molecule has 2 rings (SSSR count). The molecule has 0 fully saturated rings. The first-order valence-electron chi connectivity index (χ1n) is 4.62. The zero-order valence-corrected chi connectivity index (χ0v) is 8.68. The van der Waals surface area contributed by atoms with Gasteiger partial charge in [0, 0.05) is 13.2 Å². The molecule has 0 aliphatic carbocycles. The van der Waals surface area contributed by atoms with E-state index in [0.29, 0.717) is 5.82 Å². The zero-order valence-electron chi connectivity index (χ0n) is 8.68. The van der Waals surface area contributed by atoms with Crippen molar-refractivity contribution < 1.29 is 0 Å². The van der Waals surface area contributed by atoms with Gasteiger partial charge in [0.05, 0.1) is 11.3 Å². The minimum absolute atomic E-state index is 0.191. The Kier molecular flexibility index (Phi) is 2.07. The van der Waals surface area contributed by atoms with Crippen LogP contribution in [0.1, 0.15) is 12.6 Å². The summed E-state index contributed by atoms with van der Waals surface area (Å²) < 4.78 is 2.98. The summed E-state index contributed by atoms with van der Waals surface area (Å²) in [6, 6.07) is 0. The maximum atomic E-state index is 5.70. The summed E-state index contributed by atoms with van der Waals surface area (Å²) in [7, 11) is 1.85. The van der Waals surface area contributed by atoms with Crippen LogP contribution in [0.25, 0.3) is 11.4 Å². The van der Waals surface area contributed by atoms with Crippen molar-refractivity contribution in [3.8, 4) is 11.4 Å². The van der Waals surface area contributed by atoms with Crippen LogP contribution in [0, 0.1) is 0 Å². The Bertz CT molecular complexity index is 481. The molecule has 0 aliphatic rings. The summed E-state index contributed by atoms with van der Waals surface area (Å²) in [5, 5.41) is 11.9. The highest BCUT2D eigenvalue weighted by molar-refractivity contribution is 5.59. The molecular weight excluding hydrogens is 194 g/mol. The van der Waals surface area contributed by atoms with E-state index < -0.39 is 0 Å². The summed E-state index contributed by atoms with van der Waals surface area (Å²) in [6.45, 7) is 2.02. The highest BCUT2D eigenvalue weighted by Crippen LogP contribution is 2.20. The number of rotatable bonds is 2. The van der Waals surface area contributed by atoms with Crippen LogP contribution in [0.3, 0.4) is 0 Å². The summed E-state index contributed by atoms with van der Waals surface area (Å²) in [4.78, 5) is 0. The van der Waals surface area contributed by atoms with Gasteiger partial charge in [0.15, 0.2) is 5.82 Å². The van der Waals surface area contributed by atoms with Gasteiger partial charge in [0.25, 0.3) is 0 Å². The van der Waals surface area contributed by atoms with Gasteiger partial charge in [-0.05, 0) is 6.42 Å². The second kappa shape index (κ2) is 3.26. The molecule has 80 valence electrons. The highest BCUT2D eigenvalue weighted by atomic mass is 15.4. The molecule has 0 spiro atoms. The van der Waals surface area contributed by atoms with Crippen LogP contribution in [0.4, 0.5) is 5.95 Å². The first-order valence-corrected chi connectivity index (χ1v) is 4.62. The van der Waals surface area contributed by atoms with Crippen LogP contribution in [0.15, 0.2) is 6.20 Å². The molecule has 0 aliphatic heterocycles. The third kappa shape index (κ3) is 1.41. The van der Waals surface area contributed by atoms with Crippen molar-refractivity contribution in [2.24, 2.45) is 7.05 Å². The predicted molar refractivity (Wildman–Crippen MR) is 56.2 cm³/mol. The van der Waals surface area contributed by atoms with Crippen LogP contribution >= 0.6 is 0 Å². The Hall–Kier alpha value is -2.05. The fourth-order valence-electron chi connectivity index (χ4n) is 1.47. The average Bonchev–Trinajstić information content (AvgIpc) is 2.72. The molecule has 7 heteroatoms. The molecule has 0 unspecified atom stereocenters. The zero-order chi connectivity index (χ0) is 11.0. The third-order valence-corrected chi connectivity index (χ3v) is 2.20. The quantitative estimate of drug-likeness (QED) is 0.649. The molecule has 4 N–H and O–H groups in total. The minimum Gasteiger partial charge on any atom is -0.366 e. The maximum absolute atomic E-state index is 5.70. The molecule has 0 saturated heterocycles. The van der Waals surface area contributed by atoms with Crippen LogP contribution in [0.2, 0.25) is 0 Å². The van der Waals surface area contributed by atoms with E-state index in [4.69, 9.17) is 11.6 Å². The number of aromatic nitrogens is 5. The lowest BCUT2D eigenvalue weighted by molar-refractivity contribution is 0.746. The Labute approximate surface area is 86.7 Å². The van der Waals surface area contributed by atoms with Gasteiger partial charge in [-0.1, -0.05) is 6.92 Å². The van der Waals surface area contributed by atoms with Gasteiger partial charge >= 0.3 is 0 Å². The van der Waals surface area contributed by atoms with Gasteiger partial charge in [-0.25, -0.2) is 4.68 Å². The molecule has 0 atom stereocenters. The maximum Gasteiger partial charge on any atom is 0.241 e. The highest BCUT2D eigenvalue weighted by Gasteiger charge is 2.15. The molecule has 0 aromatic carbocycles. The van der Waals surface area contributed by atoms with Gasteiger partial charge in [0.1, 0.15) is 0 Å². The number of nitrogens with zero attached hydrogens (tertiary/aromatic N) is 5. The summed E-state index contributed by atoms with van der Waals surface area (Å²) >= 11 is 0. The fourth-order valence-corrected chi connectivity index (χ4v) is 1.47. The molecular formula is C8H13N7. The van der Waals surface area contributed by atoms with Crippen LogP contribution < -0.4 is 11.6 Å². The Balaban J connectivity index is 2.57. The van der Waals surface area contributed by atoms with Crippen molar-refractivity contribution in [3.05, 3.63) is 11.9 Å². The predicted octanol–water partition coefficient (Wildman–Crippen LogP) is -0.463. The van der Waals surface area contributed by atoms with Crippen molar-refractivity contribution in [2.45, 2.75) is 13.3 Å². The van der Waals surface area contributed by atoms with Gasteiger partial charge in [-0.2, -0.15) is 5.10 Å². The average molecular weight is 207 g/mol. The molecule has 0 radical (unpaired) electrons. The minimum atomic E-state index is 0.191. The van der Waals surface area contributed by atoms with E-state index in [9.17, 15) is 0 Å². The van der Waals surface area contributed by atoms with Crippen LogP contribution in [0.5, 0.6) is 0 Å². The number of anilines is 1. The lowest BCUT2D eigenvalue weighted by Crippen LogP contribution is -2.13. The Morgan fingerprint density at radius 2 is 2.13 bits per heavy atom. The fraction of sp³-hybridized carbons (Fsp3) is 0.375. The van der Waals surface area contributed by atoms with Crippen molar-refractivity contribution in [3.63, 3.8) is 0 Å². The molecule has 0 bridgehead atoms. The molecule has 2 heterocycles. The normalized spacial score (nSPS) is 10.8. The lowest BCUT2D eigenvalue weighted by atomic mass is 10.2. The number of aryl methyl sites for hydroxylation is 2. The van der Waals surface area contributed by atoms with Crippen molar-refractivity contribution in [1.82, 2.24) is 24.7 Å². The summed E-state index contributed by atoms with van der Waals surface area (Å²) in [5.74, 6) is 6.43. The Morgan fingerprint density at radius 3 is 2.67 bits per heavy atom. The number of hydrogen-bond donors (Lipinski definition) is 2. The van der Waals surface area contributed by atoms with E-state index in [-0.39, 0.29) is 5.95 Å². The van der Waals surface area contributed by atoms with Gasteiger partial charge in [-0.15, -0.1) is 10.2 Å². The van der Waals surface area contributed by atoms with Gasteiger partial charge in [0.2, 0.25) is 5.95 Å². The molecule has 0 amide bonds. The number of nitrogen functional groups attached to an aromatic ring is 2. The van der Waals surface area contributed by atoms with Crippen LogP contribution in [-0.2, 0) is 13.5 Å². The molecule has 2 aromatic rings. The van der Waals surface area contributed by atoms with Gasteiger partial charge < -0.3 is 11.6 Å². The Morgan fingerprint density at radius 1 is 1.40 bits per heavy atom. The van der Waals surface area contributed by atoms with E-state index in [1.165, 1.54) is 4.68 Å². The topological polar surface area (TPSA) is 101 Å². The SMILES string of the molecule is CCc1nn(C)cc1-c1nnc(N)n1N. The summed E-state index contributed by atoms with van der Waals surface area (Å²) in [6.07, 6.45) is 2.66. The first kappa shape index (κ1) is 9.50. The first-order chi connectivity index (χ1) is 7.13. The monoisotopic (exact) mass is 207 g/mol.